The lowest BCUT2D eigenvalue weighted by Crippen LogP contribution is -2.44. The van der Waals surface area contributed by atoms with Gasteiger partial charge in [0.05, 0.1) is 23.3 Å². The molecule has 0 fully saturated rings. The number of ether oxygens (including phenoxy) is 3. The second-order valence-electron chi connectivity index (χ2n) is 8.11. The van der Waals surface area contributed by atoms with Crippen molar-refractivity contribution in [2.45, 2.75) is 58.8 Å². The van der Waals surface area contributed by atoms with Crippen LogP contribution in [0.5, 0.6) is 0 Å². The lowest BCUT2D eigenvalue weighted by molar-refractivity contribution is -0.141. The molecule has 10 nitrogen and oxygen atoms in total. The van der Waals surface area contributed by atoms with E-state index in [0.29, 0.717) is 19.4 Å². The summed E-state index contributed by atoms with van der Waals surface area (Å²) < 4.78 is 30.1. The van der Waals surface area contributed by atoms with Crippen LogP contribution >= 0.6 is 0 Å². The number of benzene rings is 1. The second kappa shape index (κ2) is 15.2. The molecule has 1 unspecified atom stereocenters. The Balaban J connectivity index is 2.46. The molecule has 0 aliphatic heterocycles. The van der Waals surface area contributed by atoms with Crippen LogP contribution < -0.4 is 15.4 Å². The number of rotatable bonds is 13. The minimum atomic E-state index is -1.59. The molecule has 1 rings (SSSR count). The van der Waals surface area contributed by atoms with Gasteiger partial charge in [-0.2, -0.15) is 0 Å². The quantitative estimate of drug-likeness (QED) is 0.222. The highest BCUT2D eigenvalue weighted by Gasteiger charge is 2.21. The molecule has 2 atom stereocenters. The Labute approximate surface area is 197 Å². The molecule has 186 valence electrons. The molecule has 0 saturated carbocycles. The summed E-state index contributed by atoms with van der Waals surface area (Å²) >= 11 is 0. The first-order chi connectivity index (χ1) is 15.6. The lowest BCUT2D eigenvalue weighted by atomic mass is 10.2. The van der Waals surface area contributed by atoms with E-state index in [-0.39, 0.29) is 25.5 Å². The number of hydrogen-bond acceptors (Lipinski definition) is 7. The molecule has 0 aromatic heterocycles. The van der Waals surface area contributed by atoms with Crippen LogP contribution in [0.4, 0.5) is 9.59 Å². The van der Waals surface area contributed by atoms with E-state index in [0.717, 1.165) is 5.56 Å². The Morgan fingerprint density at radius 3 is 2.39 bits per heavy atom. The minimum absolute atomic E-state index is 0.0527. The SMILES string of the molecule is CCOC(=O)CNS(=O)C[C@H](CCCNC(=O)OCc1ccccc1)NC(=O)OC(C)(C)C. The van der Waals surface area contributed by atoms with Gasteiger partial charge in [-0.25, -0.2) is 18.5 Å². The molecule has 0 aliphatic carbocycles. The fourth-order valence-corrected chi connectivity index (χ4v) is 3.59. The molecular weight excluding hydrogens is 450 g/mol. The fourth-order valence-electron chi connectivity index (χ4n) is 2.58. The van der Waals surface area contributed by atoms with Crippen molar-refractivity contribution in [3.05, 3.63) is 35.9 Å². The van der Waals surface area contributed by atoms with Crippen molar-refractivity contribution in [2.75, 3.05) is 25.4 Å². The van der Waals surface area contributed by atoms with Gasteiger partial charge in [-0.15, -0.1) is 0 Å². The fraction of sp³-hybridized carbons (Fsp3) is 0.591. The van der Waals surface area contributed by atoms with Crippen molar-refractivity contribution < 1.29 is 32.8 Å². The number of amides is 2. The van der Waals surface area contributed by atoms with Gasteiger partial charge in [-0.05, 0) is 46.1 Å². The summed E-state index contributed by atoms with van der Waals surface area (Å²) in [6.45, 7) is 7.42. The summed E-state index contributed by atoms with van der Waals surface area (Å²) in [6.07, 6.45) is -0.263. The minimum Gasteiger partial charge on any atom is -0.465 e. The summed E-state index contributed by atoms with van der Waals surface area (Å²) in [5.41, 5.74) is 0.201. The van der Waals surface area contributed by atoms with Crippen molar-refractivity contribution in [1.29, 1.82) is 0 Å². The van der Waals surface area contributed by atoms with Crippen molar-refractivity contribution in [1.82, 2.24) is 15.4 Å². The van der Waals surface area contributed by atoms with Gasteiger partial charge in [-0.3, -0.25) is 4.79 Å². The van der Waals surface area contributed by atoms with Gasteiger partial charge in [0, 0.05) is 12.6 Å². The van der Waals surface area contributed by atoms with Crippen LogP contribution in [0.25, 0.3) is 0 Å². The first kappa shape index (κ1) is 28.4. The molecule has 0 saturated heterocycles. The maximum Gasteiger partial charge on any atom is 0.407 e. The van der Waals surface area contributed by atoms with Crippen LogP contribution in [0.1, 0.15) is 46.1 Å². The third-order valence-corrected chi connectivity index (χ3v) is 5.14. The normalized spacial score (nSPS) is 12.8. The molecule has 1 aromatic carbocycles. The van der Waals surface area contributed by atoms with E-state index in [4.69, 9.17) is 14.2 Å². The average Bonchev–Trinajstić information content (AvgIpc) is 2.73. The zero-order chi connectivity index (χ0) is 24.7. The predicted octanol–water partition coefficient (Wildman–Crippen LogP) is 2.40. The Morgan fingerprint density at radius 2 is 1.76 bits per heavy atom. The van der Waals surface area contributed by atoms with E-state index in [1.54, 1.807) is 27.7 Å². The van der Waals surface area contributed by atoms with Crippen molar-refractivity contribution in [3.63, 3.8) is 0 Å². The summed E-state index contributed by atoms with van der Waals surface area (Å²) in [5, 5.41) is 5.35. The number of carbonyl (C=O) groups excluding carboxylic acids is 3. The van der Waals surface area contributed by atoms with E-state index < -0.39 is 40.8 Å². The van der Waals surface area contributed by atoms with E-state index in [9.17, 15) is 18.6 Å². The maximum absolute atomic E-state index is 12.3. The standard InChI is InChI=1S/C22H35N3O7S/c1-5-30-19(26)14-24-33(29)16-18(25-21(28)32-22(2,3)4)12-9-13-23-20(27)31-15-17-10-7-6-8-11-17/h6-8,10-11,18,24H,5,9,12-16H2,1-4H3,(H,23,27)(H,25,28)/t18-,33?/m0/s1. The first-order valence-corrected chi connectivity index (χ1v) is 12.1. The average molecular weight is 486 g/mol. The summed E-state index contributed by atoms with van der Waals surface area (Å²) in [4.78, 5) is 35.4. The van der Waals surface area contributed by atoms with Crippen molar-refractivity contribution >= 4 is 29.1 Å². The van der Waals surface area contributed by atoms with Crippen LogP contribution in [0.3, 0.4) is 0 Å². The monoisotopic (exact) mass is 485 g/mol. The summed E-state index contributed by atoms with van der Waals surface area (Å²) in [6, 6.07) is 8.81. The number of hydrogen-bond donors (Lipinski definition) is 3. The van der Waals surface area contributed by atoms with Gasteiger partial charge in [0.15, 0.2) is 0 Å². The first-order valence-electron chi connectivity index (χ1n) is 10.8. The van der Waals surface area contributed by atoms with E-state index in [1.807, 2.05) is 30.3 Å². The van der Waals surface area contributed by atoms with Crippen LogP contribution in [0.15, 0.2) is 30.3 Å². The molecule has 0 heterocycles. The van der Waals surface area contributed by atoms with E-state index in [2.05, 4.69) is 15.4 Å². The molecule has 0 bridgehead atoms. The highest BCUT2D eigenvalue weighted by atomic mass is 32.2. The Kier molecular flexibility index (Phi) is 13.1. The van der Waals surface area contributed by atoms with Crippen molar-refractivity contribution in [3.8, 4) is 0 Å². The van der Waals surface area contributed by atoms with Crippen molar-refractivity contribution in [2.24, 2.45) is 0 Å². The highest BCUT2D eigenvalue weighted by Crippen LogP contribution is 2.08. The number of carbonyl (C=O) groups is 3. The van der Waals surface area contributed by atoms with Crippen LogP contribution in [-0.2, 0) is 36.6 Å². The van der Waals surface area contributed by atoms with Gasteiger partial charge in [-0.1, -0.05) is 30.3 Å². The highest BCUT2D eigenvalue weighted by molar-refractivity contribution is 7.83. The Hall–Kier alpha value is -2.66. The van der Waals surface area contributed by atoms with E-state index >= 15 is 0 Å². The molecule has 3 N–H and O–H groups in total. The molecule has 2 amide bonds. The summed E-state index contributed by atoms with van der Waals surface area (Å²) in [5.74, 6) is -0.461. The van der Waals surface area contributed by atoms with Gasteiger partial charge >= 0.3 is 18.2 Å². The van der Waals surface area contributed by atoms with Gasteiger partial charge in [0.2, 0.25) is 0 Å². The molecule has 0 radical (unpaired) electrons. The zero-order valence-electron chi connectivity index (χ0n) is 19.7. The Morgan fingerprint density at radius 1 is 1.06 bits per heavy atom. The molecule has 0 aliphatic rings. The van der Waals surface area contributed by atoms with E-state index in [1.165, 1.54) is 0 Å². The third-order valence-electron chi connectivity index (χ3n) is 3.97. The largest absolute Gasteiger partial charge is 0.465 e. The van der Waals surface area contributed by atoms with Gasteiger partial charge < -0.3 is 24.8 Å². The third kappa shape index (κ3) is 14.9. The zero-order valence-corrected chi connectivity index (χ0v) is 20.5. The topological polar surface area (TPSA) is 132 Å². The molecular formula is C22H35N3O7S. The number of alkyl carbamates (subject to hydrolysis) is 2. The van der Waals surface area contributed by atoms with Crippen LogP contribution in [0, 0.1) is 0 Å². The molecule has 1 aromatic rings. The second-order valence-corrected chi connectivity index (χ2v) is 9.43. The number of nitrogens with one attached hydrogen (secondary N) is 3. The lowest BCUT2D eigenvalue weighted by Gasteiger charge is -2.23. The van der Waals surface area contributed by atoms with Crippen LogP contribution in [0.2, 0.25) is 0 Å². The maximum atomic E-state index is 12.3. The molecule has 33 heavy (non-hydrogen) atoms. The van der Waals surface area contributed by atoms with Gasteiger partial charge in [0.25, 0.3) is 0 Å². The molecule has 0 spiro atoms. The Bertz CT molecular complexity index is 769. The van der Waals surface area contributed by atoms with Crippen LogP contribution in [-0.4, -0.2) is 59.5 Å². The predicted molar refractivity (Wildman–Crippen MR) is 125 cm³/mol. The number of esters is 1. The van der Waals surface area contributed by atoms with Gasteiger partial charge in [0.1, 0.15) is 18.8 Å². The molecule has 11 heteroatoms. The smallest absolute Gasteiger partial charge is 0.407 e. The summed E-state index contributed by atoms with van der Waals surface area (Å²) in [7, 11) is -1.59.